The molecule has 3 fully saturated rings. The van der Waals surface area contributed by atoms with Gasteiger partial charge in [0, 0.05) is 57.9 Å². The number of rotatable bonds is 8. The molecule has 1 amide bonds. The van der Waals surface area contributed by atoms with E-state index >= 15 is 0 Å². The lowest BCUT2D eigenvalue weighted by atomic mass is 9.84. The highest BCUT2D eigenvalue weighted by atomic mass is 16.2. The fourth-order valence-electron chi connectivity index (χ4n) is 6.98. The van der Waals surface area contributed by atoms with E-state index in [1.807, 2.05) is 23.2 Å². The average Bonchev–Trinajstić information content (AvgIpc) is 3.74. The summed E-state index contributed by atoms with van der Waals surface area (Å²) >= 11 is 0. The molecule has 0 atom stereocenters. The van der Waals surface area contributed by atoms with E-state index in [9.17, 15) is 10.1 Å². The summed E-state index contributed by atoms with van der Waals surface area (Å²) in [7, 11) is 2.07. The van der Waals surface area contributed by atoms with Crippen molar-refractivity contribution in [3.8, 4) is 6.07 Å². The van der Waals surface area contributed by atoms with Crippen molar-refractivity contribution in [1.82, 2.24) is 44.0 Å². The monoisotopic (exact) mass is 596 g/mol. The van der Waals surface area contributed by atoms with E-state index in [1.165, 1.54) is 37.7 Å². The fraction of sp³-hybridized carbons (Fsp3) is 0.548. The second-order valence-corrected chi connectivity index (χ2v) is 12.7. The molecule has 1 saturated carbocycles. The van der Waals surface area contributed by atoms with Gasteiger partial charge in [0.15, 0.2) is 5.65 Å². The molecule has 6 heterocycles. The van der Waals surface area contributed by atoms with Crippen LogP contribution in [0.1, 0.15) is 55.7 Å². The number of hydrogen-bond acceptors (Lipinski definition) is 9. The van der Waals surface area contributed by atoms with Crippen molar-refractivity contribution >= 4 is 28.9 Å². The Morgan fingerprint density at radius 1 is 1.11 bits per heavy atom. The zero-order chi connectivity index (χ0) is 30.3. The minimum absolute atomic E-state index is 0.0701. The second kappa shape index (κ2) is 11.6. The highest BCUT2D eigenvalue weighted by Gasteiger charge is 2.47. The molecule has 2 aliphatic heterocycles. The molecule has 0 unspecified atom stereocenters. The van der Waals surface area contributed by atoms with Gasteiger partial charge >= 0.3 is 0 Å². The third-order valence-corrected chi connectivity index (χ3v) is 9.57. The molecule has 230 valence electrons. The Kier molecular flexibility index (Phi) is 7.45. The van der Waals surface area contributed by atoms with E-state index in [4.69, 9.17) is 10.1 Å². The van der Waals surface area contributed by atoms with Crippen LogP contribution in [0.2, 0.25) is 0 Å². The lowest BCUT2D eigenvalue weighted by Gasteiger charge is -2.50. The van der Waals surface area contributed by atoms with Gasteiger partial charge in [-0.15, -0.1) is 5.10 Å². The summed E-state index contributed by atoms with van der Waals surface area (Å²) in [5, 5.41) is 27.0. The number of anilines is 3. The maximum absolute atomic E-state index is 12.7. The van der Waals surface area contributed by atoms with Crippen LogP contribution >= 0.6 is 0 Å². The molecule has 7 rings (SSSR count). The Balaban J connectivity index is 1.04. The van der Waals surface area contributed by atoms with Gasteiger partial charge in [0.25, 0.3) is 0 Å². The van der Waals surface area contributed by atoms with Crippen molar-refractivity contribution in [3.05, 3.63) is 48.2 Å². The minimum Gasteiger partial charge on any atom is -0.363 e. The van der Waals surface area contributed by atoms with E-state index in [0.717, 1.165) is 43.2 Å². The van der Waals surface area contributed by atoms with E-state index in [-0.39, 0.29) is 18.0 Å². The molecule has 0 spiro atoms. The van der Waals surface area contributed by atoms with Crippen molar-refractivity contribution in [2.45, 2.75) is 63.5 Å². The predicted octanol–water partition coefficient (Wildman–Crippen LogP) is 3.13. The third kappa shape index (κ3) is 5.38. The standard InChI is InChI=1S/C31H40N12O/c1-23-26(24-7-4-3-5-8-24)19-43(36-23)31(10-11-32)21-40(22-31)27-9-6-12-42-29(27)35-30(37-42)34-25-17-33-41(18-25)20-28(44)39-15-13-38(2)14-16-39/h6,9,12,17-19,24H,3-5,7-8,10,13-16,20-22H2,1-2H3,(H,34,37). The summed E-state index contributed by atoms with van der Waals surface area (Å²) in [4.78, 5) is 23.9. The van der Waals surface area contributed by atoms with Crippen LogP contribution in [0.5, 0.6) is 0 Å². The Labute approximate surface area is 257 Å². The van der Waals surface area contributed by atoms with Gasteiger partial charge in [-0.05, 0) is 50.4 Å². The van der Waals surface area contributed by atoms with Crippen LogP contribution < -0.4 is 10.2 Å². The fourth-order valence-corrected chi connectivity index (χ4v) is 6.98. The van der Waals surface area contributed by atoms with Gasteiger partial charge < -0.3 is 20.0 Å². The largest absolute Gasteiger partial charge is 0.363 e. The first kappa shape index (κ1) is 28.3. The molecule has 4 aromatic rings. The maximum Gasteiger partial charge on any atom is 0.247 e. The molecule has 0 aromatic carbocycles. The number of amides is 1. The second-order valence-electron chi connectivity index (χ2n) is 12.7. The highest BCUT2D eigenvalue weighted by molar-refractivity contribution is 5.76. The van der Waals surface area contributed by atoms with Crippen molar-refractivity contribution < 1.29 is 4.79 Å². The number of nitriles is 1. The first-order chi connectivity index (χ1) is 21.4. The number of hydrogen-bond donors (Lipinski definition) is 1. The average molecular weight is 597 g/mol. The van der Waals surface area contributed by atoms with Gasteiger partial charge in [0.05, 0.1) is 35.8 Å². The Hall–Kier alpha value is -4.44. The minimum atomic E-state index is -0.365. The molecule has 1 aliphatic carbocycles. The summed E-state index contributed by atoms with van der Waals surface area (Å²) < 4.78 is 5.49. The van der Waals surface area contributed by atoms with Crippen LogP contribution in [-0.2, 0) is 16.9 Å². The number of nitrogens with zero attached hydrogens (tertiary/aromatic N) is 11. The van der Waals surface area contributed by atoms with Crippen LogP contribution in [0, 0.1) is 18.3 Å². The lowest BCUT2D eigenvalue weighted by Crippen LogP contribution is -2.63. The number of pyridine rings is 1. The smallest absolute Gasteiger partial charge is 0.247 e. The summed E-state index contributed by atoms with van der Waals surface area (Å²) in [5.41, 5.74) is 4.49. The molecule has 3 aliphatic rings. The normalized spacial score (nSPS) is 19.2. The Morgan fingerprint density at radius 2 is 1.91 bits per heavy atom. The lowest BCUT2D eigenvalue weighted by molar-refractivity contribution is -0.133. The number of carbonyl (C=O) groups excluding carboxylic acids is 1. The van der Waals surface area contributed by atoms with Gasteiger partial charge in [-0.25, -0.2) is 4.52 Å². The number of aromatic nitrogens is 7. The molecule has 1 N–H and O–H groups in total. The maximum atomic E-state index is 12.7. The zero-order valence-electron chi connectivity index (χ0n) is 25.6. The van der Waals surface area contributed by atoms with Crippen molar-refractivity contribution in [1.29, 1.82) is 5.26 Å². The third-order valence-electron chi connectivity index (χ3n) is 9.57. The molecule has 13 heteroatoms. The molecule has 13 nitrogen and oxygen atoms in total. The van der Waals surface area contributed by atoms with Crippen LogP contribution in [-0.4, -0.2) is 96.2 Å². The number of aryl methyl sites for hydroxylation is 1. The van der Waals surface area contributed by atoms with E-state index in [0.29, 0.717) is 37.1 Å². The molecule has 44 heavy (non-hydrogen) atoms. The summed E-state index contributed by atoms with van der Waals surface area (Å²) in [5.74, 6) is 1.10. The summed E-state index contributed by atoms with van der Waals surface area (Å²) in [6.45, 7) is 6.92. The van der Waals surface area contributed by atoms with E-state index in [2.05, 4.69) is 56.2 Å². The SMILES string of the molecule is Cc1nn(C2(CC#N)CN(c3cccn4nc(Nc5cnn(CC(=O)N6CCN(C)CC6)c5)nc34)C2)cc1C1CCCCC1. The Morgan fingerprint density at radius 3 is 2.68 bits per heavy atom. The Bertz CT molecular complexity index is 1670. The molecule has 0 bridgehead atoms. The van der Waals surface area contributed by atoms with E-state index < -0.39 is 0 Å². The van der Waals surface area contributed by atoms with Crippen LogP contribution in [0.3, 0.4) is 0 Å². The first-order valence-corrected chi connectivity index (χ1v) is 15.7. The number of nitrogens with one attached hydrogen (secondary N) is 1. The predicted molar refractivity (Wildman–Crippen MR) is 166 cm³/mol. The van der Waals surface area contributed by atoms with Gasteiger partial charge in [0.1, 0.15) is 12.1 Å². The highest BCUT2D eigenvalue weighted by Crippen LogP contribution is 2.40. The van der Waals surface area contributed by atoms with Crippen LogP contribution in [0.4, 0.5) is 17.3 Å². The van der Waals surface area contributed by atoms with Gasteiger partial charge in [-0.1, -0.05) is 19.3 Å². The van der Waals surface area contributed by atoms with Crippen molar-refractivity contribution in [2.75, 3.05) is 56.5 Å². The topological polar surface area (TPSA) is 128 Å². The van der Waals surface area contributed by atoms with E-state index in [1.54, 1.807) is 21.6 Å². The van der Waals surface area contributed by atoms with Crippen molar-refractivity contribution in [3.63, 3.8) is 0 Å². The number of carbonyl (C=O) groups is 1. The molecular formula is C31H40N12O. The van der Waals surface area contributed by atoms with Gasteiger partial charge in [-0.2, -0.15) is 20.4 Å². The van der Waals surface area contributed by atoms with Crippen LogP contribution in [0.15, 0.2) is 36.9 Å². The molecular weight excluding hydrogens is 556 g/mol. The van der Waals surface area contributed by atoms with Gasteiger partial charge in [-0.3, -0.25) is 14.2 Å². The molecule has 4 aromatic heterocycles. The number of piperazine rings is 1. The quantitative estimate of drug-likeness (QED) is 0.326. The van der Waals surface area contributed by atoms with Crippen molar-refractivity contribution in [2.24, 2.45) is 0 Å². The molecule has 0 radical (unpaired) electrons. The number of likely N-dealkylation sites (N-methyl/N-ethyl adjacent to an activating group) is 1. The zero-order valence-corrected chi connectivity index (χ0v) is 25.6. The molecule has 2 saturated heterocycles. The van der Waals surface area contributed by atoms with Gasteiger partial charge in [0.2, 0.25) is 11.9 Å². The van der Waals surface area contributed by atoms with Crippen LogP contribution in [0.25, 0.3) is 5.65 Å². The summed E-state index contributed by atoms with van der Waals surface area (Å²) in [6.07, 6.45) is 14.3. The first-order valence-electron chi connectivity index (χ1n) is 15.7. The number of fused-ring (bicyclic) bond motifs is 1. The summed E-state index contributed by atoms with van der Waals surface area (Å²) in [6, 6.07) is 6.44.